The van der Waals surface area contributed by atoms with Crippen LogP contribution in [0, 0.1) is 0 Å². The number of amides is 2. The van der Waals surface area contributed by atoms with E-state index in [-0.39, 0.29) is 18.8 Å². The summed E-state index contributed by atoms with van der Waals surface area (Å²) in [5.41, 5.74) is 6.34. The number of nitrogens with one attached hydrogen (secondary N) is 1. The number of hydrogen-bond donors (Lipinski definition) is 2. The van der Waals surface area contributed by atoms with E-state index in [0.717, 1.165) is 23.1 Å². The monoisotopic (exact) mass is 738 g/mol. The van der Waals surface area contributed by atoms with E-state index < -0.39 is 13.8 Å². The van der Waals surface area contributed by atoms with Gasteiger partial charge in [-0.1, -0.05) is 108 Å². The summed E-state index contributed by atoms with van der Waals surface area (Å²) in [6.07, 6.45) is 11.7. The smallest absolute Gasteiger partial charge is 0.410 e. The third-order valence-electron chi connectivity index (χ3n) is 11.1. The van der Waals surface area contributed by atoms with Crippen LogP contribution in [0.4, 0.5) is 9.59 Å². The first-order valence-corrected chi connectivity index (χ1v) is 21.3. The molecular formula is C43H58N4O5Si. The number of hydrogen-bond acceptors (Lipinski definition) is 5. The Morgan fingerprint density at radius 3 is 1.79 bits per heavy atom. The minimum atomic E-state index is -1.83. The summed E-state index contributed by atoms with van der Waals surface area (Å²) < 4.78 is 13.3. The molecule has 2 N–H and O–H groups in total. The summed E-state index contributed by atoms with van der Waals surface area (Å²) in [7, 11) is -1.83. The Morgan fingerprint density at radius 1 is 0.774 bits per heavy atom. The predicted octanol–water partition coefficient (Wildman–Crippen LogP) is 9.57. The summed E-state index contributed by atoms with van der Waals surface area (Å²) in [5.74, 6) is 0. The number of rotatable bonds is 10. The molecule has 53 heavy (non-hydrogen) atoms. The lowest BCUT2D eigenvalue weighted by molar-refractivity contribution is -0.0254. The van der Waals surface area contributed by atoms with Gasteiger partial charge >= 0.3 is 12.2 Å². The van der Waals surface area contributed by atoms with E-state index in [9.17, 15) is 14.7 Å². The SMILES string of the molecule is CC(C)[Si](C(C)C)(C(C)C)n1ccc(C2(O)CCN(C(=O)OCc3ccccc3)CC2)c1.O=C(OCc1ccccc1)N1CC=C(c2cc[nH]c2)CC1. The fraction of sp³-hybridized carbons (Fsp3) is 0.442. The maximum absolute atomic E-state index is 12.5. The number of likely N-dealkylation sites (tertiary alicyclic amines) is 1. The number of H-pyrrole nitrogens is 1. The molecule has 10 heteroatoms. The number of aromatic nitrogens is 2. The van der Waals surface area contributed by atoms with E-state index in [1.54, 1.807) is 9.80 Å². The Labute approximate surface area is 316 Å². The Morgan fingerprint density at radius 2 is 1.32 bits per heavy atom. The first-order valence-electron chi connectivity index (χ1n) is 19.1. The van der Waals surface area contributed by atoms with Crippen molar-refractivity contribution in [2.24, 2.45) is 0 Å². The molecule has 9 nitrogen and oxygen atoms in total. The van der Waals surface area contributed by atoms with Gasteiger partial charge in [0.25, 0.3) is 0 Å². The van der Waals surface area contributed by atoms with Crippen LogP contribution in [0.3, 0.4) is 0 Å². The average Bonchev–Trinajstić information content (AvgIpc) is 3.89. The molecule has 4 aromatic rings. The van der Waals surface area contributed by atoms with Crippen molar-refractivity contribution in [1.82, 2.24) is 19.0 Å². The molecule has 0 spiro atoms. The average molecular weight is 739 g/mol. The number of carbonyl (C=O) groups is 2. The van der Waals surface area contributed by atoms with E-state index in [1.807, 2.05) is 73.1 Å². The summed E-state index contributed by atoms with van der Waals surface area (Å²) >= 11 is 0. The van der Waals surface area contributed by atoms with E-state index in [4.69, 9.17) is 9.47 Å². The fourth-order valence-electron chi connectivity index (χ4n) is 8.40. The molecule has 2 aliphatic heterocycles. The fourth-order valence-corrected chi connectivity index (χ4v) is 14.9. The lowest BCUT2D eigenvalue weighted by atomic mass is 9.86. The van der Waals surface area contributed by atoms with Crippen LogP contribution in [0.15, 0.2) is 104 Å². The lowest BCUT2D eigenvalue weighted by Gasteiger charge is -2.44. The Bertz CT molecular complexity index is 1740. The second kappa shape index (κ2) is 18.0. The standard InChI is InChI=1S/C26H40N2O3Si.C17H18N2O2/c1-20(2)32(21(3)4,22(5)6)28-15-12-24(18-28)26(30)13-16-27(17-14-26)25(29)31-19-23-10-8-7-9-11-23;20-17(21-13-14-4-2-1-3-5-14)19-10-7-15(8-11-19)16-6-9-18-12-16/h7-12,15,18,20-22,30H,13-14,16-17,19H2,1-6H3;1-7,9,12,18H,8,10-11,13H2. The summed E-state index contributed by atoms with van der Waals surface area (Å²) in [5, 5.41) is 11.5. The number of piperidine rings is 1. The molecule has 0 bridgehead atoms. The number of ether oxygens (including phenoxy) is 2. The second-order valence-electron chi connectivity index (χ2n) is 15.3. The van der Waals surface area contributed by atoms with Gasteiger partial charge in [-0.3, -0.25) is 0 Å². The van der Waals surface area contributed by atoms with E-state index in [1.165, 1.54) is 11.1 Å². The van der Waals surface area contributed by atoms with Crippen LogP contribution in [0.25, 0.3) is 5.57 Å². The van der Waals surface area contributed by atoms with Gasteiger partial charge in [0.05, 0.1) is 5.60 Å². The molecule has 0 radical (unpaired) electrons. The van der Waals surface area contributed by atoms with Crippen LogP contribution in [0.1, 0.15) is 83.1 Å². The Hall–Kier alpha value is -4.54. The van der Waals surface area contributed by atoms with E-state index in [2.05, 4.69) is 81.4 Å². The van der Waals surface area contributed by atoms with Crippen LogP contribution in [0.2, 0.25) is 16.6 Å². The molecule has 4 heterocycles. The zero-order valence-corrected chi connectivity index (χ0v) is 33.3. The van der Waals surface area contributed by atoms with Gasteiger partial charge in [-0.25, -0.2) is 9.59 Å². The molecule has 1 fully saturated rings. The second-order valence-corrected chi connectivity index (χ2v) is 21.0. The van der Waals surface area contributed by atoms with Crippen molar-refractivity contribution in [2.45, 2.75) is 96.2 Å². The largest absolute Gasteiger partial charge is 0.445 e. The molecular weight excluding hydrogens is 681 g/mol. The van der Waals surface area contributed by atoms with Gasteiger partial charge in [-0.05, 0) is 76.5 Å². The van der Waals surface area contributed by atoms with Crippen molar-refractivity contribution in [3.05, 3.63) is 126 Å². The predicted molar refractivity (Wildman–Crippen MR) is 214 cm³/mol. The third kappa shape index (κ3) is 9.53. The topological polar surface area (TPSA) is 100 Å². The zero-order valence-electron chi connectivity index (χ0n) is 32.3. The van der Waals surface area contributed by atoms with Gasteiger partial charge in [-0.2, -0.15) is 0 Å². The summed E-state index contributed by atoms with van der Waals surface area (Å²) in [6, 6.07) is 23.6. The molecule has 284 valence electrons. The molecule has 0 atom stereocenters. The highest BCUT2D eigenvalue weighted by atomic mass is 28.3. The molecule has 2 aromatic heterocycles. The number of aliphatic hydroxyl groups is 1. The molecule has 2 amide bonds. The van der Waals surface area contributed by atoms with Crippen LogP contribution >= 0.6 is 0 Å². The van der Waals surface area contributed by atoms with Gasteiger partial charge in [0.2, 0.25) is 0 Å². The van der Waals surface area contributed by atoms with Crippen LogP contribution < -0.4 is 0 Å². The maximum Gasteiger partial charge on any atom is 0.410 e. The first-order chi connectivity index (χ1) is 25.4. The van der Waals surface area contributed by atoms with E-state index >= 15 is 0 Å². The van der Waals surface area contributed by atoms with Crippen molar-refractivity contribution in [1.29, 1.82) is 0 Å². The van der Waals surface area contributed by atoms with Gasteiger partial charge < -0.3 is 33.6 Å². The third-order valence-corrected chi connectivity index (χ3v) is 17.9. The quantitative estimate of drug-likeness (QED) is 0.158. The van der Waals surface area contributed by atoms with Crippen molar-refractivity contribution in [3.63, 3.8) is 0 Å². The molecule has 2 aromatic carbocycles. The van der Waals surface area contributed by atoms with Crippen molar-refractivity contribution in [3.8, 4) is 0 Å². The Balaban J connectivity index is 0.000000222. The van der Waals surface area contributed by atoms with Crippen molar-refractivity contribution >= 4 is 26.0 Å². The van der Waals surface area contributed by atoms with Crippen molar-refractivity contribution in [2.75, 3.05) is 26.2 Å². The molecule has 0 aliphatic carbocycles. The van der Waals surface area contributed by atoms with Crippen LogP contribution in [-0.2, 0) is 28.3 Å². The molecule has 1 saturated heterocycles. The molecule has 0 saturated carbocycles. The van der Waals surface area contributed by atoms with Gasteiger partial charge in [0, 0.05) is 50.3 Å². The van der Waals surface area contributed by atoms with Gasteiger partial charge in [-0.15, -0.1) is 0 Å². The minimum absolute atomic E-state index is 0.247. The summed E-state index contributed by atoms with van der Waals surface area (Å²) in [6.45, 7) is 17.0. The van der Waals surface area contributed by atoms with Gasteiger partial charge in [0.15, 0.2) is 8.24 Å². The highest BCUT2D eigenvalue weighted by molar-refractivity contribution is 6.82. The maximum atomic E-state index is 12.5. The summed E-state index contributed by atoms with van der Waals surface area (Å²) in [4.78, 5) is 31.0. The highest BCUT2D eigenvalue weighted by Crippen LogP contribution is 2.44. The Kier molecular flexibility index (Phi) is 13.5. The van der Waals surface area contributed by atoms with Crippen LogP contribution in [0.5, 0.6) is 0 Å². The number of aromatic amines is 1. The van der Waals surface area contributed by atoms with Gasteiger partial charge in [0.1, 0.15) is 13.2 Å². The van der Waals surface area contributed by atoms with E-state index in [0.29, 0.717) is 62.3 Å². The molecule has 6 rings (SSSR count). The highest BCUT2D eigenvalue weighted by Gasteiger charge is 2.46. The zero-order chi connectivity index (χ0) is 38.0. The minimum Gasteiger partial charge on any atom is -0.445 e. The van der Waals surface area contributed by atoms with Crippen LogP contribution in [-0.4, -0.2) is 70.7 Å². The number of nitrogens with zero attached hydrogens (tertiary/aromatic N) is 3. The normalized spacial score (nSPS) is 15.9. The first kappa shape index (κ1) is 39.7. The lowest BCUT2D eigenvalue weighted by Crippen LogP contribution is -2.51. The molecule has 2 aliphatic rings. The number of carbonyl (C=O) groups excluding carboxylic acids is 2. The van der Waals surface area contributed by atoms with Crippen molar-refractivity contribution < 1.29 is 24.2 Å². The number of benzene rings is 2. The molecule has 0 unspecified atom stereocenters.